The van der Waals surface area contributed by atoms with Crippen LogP contribution in [0.2, 0.25) is 0 Å². The van der Waals surface area contributed by atoms with Crippen molar-refractivity contribution < 1.29 is 14.0 Å². The summed E-state index contributed by atoms with van der Waals surface area (Å²) < 4.78 is 5.19. The highest BCUT2D eigenvalue weighted by atomic mass is 16.3. The average molecular weight is 315 g/mol. The Kier molecular flexibility index (Phi) is 5.91. The molecule has 2 rings (SSSR count). The molecule has 0 aliphatic heterocycles. The highest BCUT2D eigenvalue weighted by Crippen LogP contribution is 2.07. The molecule has 0 unspecified atom stereocenters. The SMILES string of the molecule is CC(C)C[C@@H](NC(=O)c1ccncc1)C(=O)NCc1ccco1. The van der Waals surface area contributed by atoms with Crippen LogP contribution in [0.3, 0.4) is 0 Å². The van der Waals surface area contributed by atoms with Crippen LogP contribution in [0.5, 0.6) is 0 Å². The fraction of sp³-hybridized carbons (Fsp3) is 0.353. The Balaban J connectivity index is 1.98. The monoisotopic (exact) mass is 315 g/mol. The zero-order chi connectivity index (χ0) is 16.7. The van der Waals surface area contributed by atoms with Gasteiger partial charge >= 0.3 is 0 Å². The first kappa shape index (κ1) is 16.7. The number of pyridine rings is 1. The van der Waals surface area contributed by atoms with E-state index < -0.39 is 6.04 Å². The largest absolute Gasteiger partial charge is 0.467 e. The minimum absolute atomic E-state index is 0.225. The molecule has 2 N–H and O–H groups in total. The van der Waals surface area contributed by atoms with Gasteiger partial charge in [0, 0.05) is 18.0 Å². The van der Waals surface area contributed by atoms with E-state index in [1.54, 1.807) is 42.9 Å². The number of nitrogens with one attached hydrogen (secondary N) is 2. The van der Waals surface area contributed by atoms with E-state index in [4.69, 9.17) is 4.42 Å². The third-order valence-corrected chi connectivity index (χ3v) is 3.29. The van der Waals surface area contributed by atoms with Crippen LogP contribution in [0.4, 0.5) is 0 Å². The molecule has 0 fully saturated rings. The molecule has 2 aromatic rings. The molecule has 2 aromatic heterocycles. The quantitative estimate of drug-likeness (QED) is 0.820. The molecular weight excluding hydrogens is 294 g/mol. The molecular formula is C17H21N3O3. The van der Waals surface area contributed by atoms with Gasteiger partial charge in [0.05, 0.1) is 12.8 Å². The number of amides is 2. The molecule has 0 aromatic carbocycles. The minimum Gasteiger partial charge on any atom is -0.467 e. The first-order valence-electron chi connectivity index (χ1n) is 7.57. The van der Waals surface area contributed by atoms with Crippen molar-refractivity contribution in [3.63, 3.8) is 0 Å². The van der Waals surface area contributed by atoms with Gasteiger partial charge in [0.15, 0.2) is 0 Å². The Morgan fingerprint density at radius 3 is 2.57 bits per heavy atom. The molecule has 0 saturated carbocycles. The zero-order valence-electron chi connectivity index (χ0n) is 13.3. The lowest BCUT2D eigenvalue weighted by Crippen LogP contribution is -2.47. The fourth-order valence-electron chi connectivity index (χ4n) is 2.16. The summed E-state index contributed by atoms with van der Waals surface area (Å²) in [7, 11) is 0. The zero-order valence-corrected chi connectivity index (χ0v) is 13.3. The normalized spacial score (nSPS) is 12.0. The minimum atomic E-state index is -0.592. The molecule has 0 aliphatic rings. The fourth-order valence-corrected chi connectivity index (χ4v) is 2.16. The number of hydrogen-bond donors (Lipinski definition) is 2. The number of rotatable bonds is 7. The van der Waals surface area contributed by atoms with Gasteiger partial charge < -0.3 is 15.1 Å². The Labute approximate surface area is 135 Å². The van der Waals surface area contributed by atoms with Gasteiger partial charge in [-0.05, 0) is 36.6 Å². The molecule has 1 atom stereocenters. The number of hydrogen-bond acceptors (Lipinski definition) is 4. The van der Waals surface area contributed by atoms with E-state index in [1.807, 2.05) is 13.8 Å². The van der Waals surface area contributed by atoms with Gasteiger partial charge in [0.2, 0.25) is 5.91 Å². The molecule has 122 valence electrons. The van der Waals surface area contributed by atoms with Gasteiger partial charge in [-0.15, -0.1) is 0 Å². The van der Waals surface area contributed by atoms with Crippen LogP contribution in [0.1, 0.15) is 36.4 Å². The highest BCUT2D eigenvalue weighted by Gasteiger charge is 2.22. The lowest BCUT2D eigenvalue weighted by atomic mass is 10.0. The van der Waals surface area contributed by atoms with Crippen LogP contribution in [0.25, 0.3) is 0 Å². The van der Waals surface area contributed by atoms with E-state index >= 15 is 0 Å². The number of nitrogens with zero attached hydrogens (tertiary/aromatic N) is 1. The molecule has 0 saturated heterocycles. The maximum Gasteiger partial charge on any atom is 0.252 e. The number of carbonyl (C=O) groups is 2. The van der Waals surface area contributed by atoms with Gasteiger partial charge in [0.1, 0.15) is 11.8 Å². The molecule has 2 heterocycles. The third kappa shape index (κ3) is 5.25. The van der Waals surface area contributed by atoms with Crippen LogP contribution in [-0.2, 0) is 11.3 Å². The summed E-state index contributed by atoms with van der Waals surface area (Å²) in [4.78, 5) is 28.5. The van der Waals surface area contributed by atoms with Crippen molar-refractivity contribution in [2.45, 2.75) is 32.9 Å². The molecule has 6 nitrogen and oxygen atoms in total. The molecule has 0 radical (unpaired) electrons. The van der Waals surface area contributed by atoms with Gasteiger partial charge in [-0.2, -0.15) is 0 Å². The summed E-state index contributed by atoms with van der Waals surface area (Å²) in [5.74, 6) is 0.429. The van der Waals surface area contributed by atoms with Crippen molar-refractivity contribution >= 4 is 11.8 Å². The molecule has 0 bridgehead atoms. The second kappa shape index (κ2) is 8.12. The lowest BCUT2D eigenvalue weighted by molar-refractivity contribution is -0.123. The van der Waals surface area contributed by atoms with E-state index in [-0.39, 0.29) is 17.7 Å². The van der Waals surface area contributed by atoms with Crippen LogP contribution in [0.15, 0.2) is 47.3 Å². The number of aromatic nitrogens is 1. The van der Waals surface area contributed by atoms with Crippen molar-refractivity contribution in [1.82, 2.24) is 15.6 Å². The lowest BCUT2D eigenvalue weighted by Gasteiger charge is -2.20. The second-order valence-electron chi connectivity index (χ2n) is 5.69. The van der Waals surface area contributed by atoms with Gasteiger partial charge in [-0.1, -0.05) is 13.8 Å². The standard InChI is InChI=1S/C17H21N3O3/c1-12(2)10-15(17(22)19-11-14-4-3-9-23-14)20-16(21)13-5-7-18-8-6-13/h3-9,12,15H,10-11H2,1-2H3,(H,19,22)(H,20,21)/t15-/m1/s1. The summed E-state index contributed by atoms with van der Waals surface area (Å²) in [6.45, 7) is 4.31. The van der Waals surface area contributed by atoms with Crippen LogP contribution in [0, 0.1) is 5.92 Å². The van der Waals surface area contributed by atoms with Crippen molar-refractivity contribution in [1.29, 1.82) is 0 Å². The van der Waals surface area contributed by atoms with Crippen LogP contribution in [-0.4, -0.2) is 22.8 Å². The maximum atomic E-state index is 12.4. The van der Waals surface area contributed by atoms with E-state index in [0.717, 1.165) is 0 Å². The highest BCUT2D eigenvalue weighted by molar-refractivity contribution is 5.97. The predicted octanol–water partition coefficient (Wildman–Crippen LogP) is 2.14. The number of carbonyl (C=O) groups excluding carboxylic acids is 2. The Hall–Kier alpha value is -2.63. The second-order valence-corrected chi connectivity index (χ2v) is 5.69. The van der Waals surface area contributed by atoms with Gasteiger partial charge in [-0.25, -0.2) is 0 Å². The smallest absolute Gasteiger partial charge is 0.252 e. The summed E-state index contributed by atoms with van der Waals surface area (Å²) in [6, 6.07) is 6.18. The molecule has 6 heteroatoms. The summed E-state index contributed by atoms with van der Waals surface area (Å²) in [5.41, 5.74) is 0.479. The van der Waals surface area contributed by atoms with E-state index in [1.165, 1.54) is 0 Å². The van der Waals surface area contributed by atoms with Gasteiger partial charge in [-0.3, -0.25) is 14.6 Å². The van der Waals surface area contributed by atoms with Gasteiger partial charge in [0.25, 0.3) is 5.91 Å². The first-order valence-corrected chi connectivity index (χ1v) is 7.57. The number of furan rings is 1. The maximum absolute atomic E-state index is 12.4. The van der Waals surface area contributed by atoms with Crippen molar-refractivity contribution in [2.24, 2.45) is 5.92 Å². The summed E-state index contributed by atoms with van der Waals surface area (Å²) >= 11 is 0. The Bertz CT molecular complexity index is 624. The summed E-state index contributed by atoms with van der Waals surface area (Å²) in [5, 5.41) is 5.57. The molecule has 23 heavy (non-hydrogen) atoms. The van der Waals surface area contributed by atoms with Crippen molar-refractivity contribution in [2.75, 3.05) is 0 Å². The third-order valence-electron chi connectivity index (χ3n) is 3.29. The first-order chi connectivity index (χ1) is 11.1. The Morgan fingerprint density at radius 2 is 1.96 bits per heavy atom. The van der Waals surface area contributed by atoms with Crippen molar-refractivity contribution in [3.8, 4) is 0 Å². The molecule has 0 spiro atoms. The van der Waals surface area contributed by atoms with Crippen molar-refractivity contribution in [3.05, 3.63) is 54.2 Å². The van der Waals surface area contributed by atoms with E-state index in [2.05, 4.69) is 15.6 Å². The van der Waals surface area contributed by atoms with E-state index in [9.17, 15) is 9.59 Å². The van der Waals surface area contributed by atoms with E-state index in [0.29, 0.717) is 24.3 Å². The average Bonchev–Trinajstić information content (AvgIpc) is 3.05. The summed E-state index contributed by atoms with van der Waals surface area (Å²) in [6.07, 6.45) is 5.20. The van der Waals surface area contributed by atoms with Crippen LogP contribution >= 0.6 is 0 Å². The predicted molar refractivity (Wildman–Crippen MR) is 85.5 cm³/mol. The van der Waals surface area contributed by atoms with Crippen LogP contribution < -0.4 is 10.6 Å². The molecule has 2 amide bonds. The molecule has 0 aliphatic carbocycles. The topological polar surface area (TPSA) is 84.2 Å². The Morgan fingerprint density at radius 1 is 1.22 bits per heavy atom.